The fourth-order valence-electron chi connectivity index (χ4n) is 3.23. The molecule has 1 amide bonds. The molecule has 3 rings (SSSR count). The molecule has 18 heavy (non-hydrogen) atoms. The molecular weight excluding hydrogens is 226 g/mol. The predicted molar refractivity (Wildman–Crippen MR) is 68.9 cm³/mol. The highest BCUT2D eigenvalue weighted by molar-refractivity contribution is 5.92. The molecular formula is C14H19N3O. The number of nitrogens with two attached hydrogens (primary N) is 1. The molecule has 1 aromatic rings. The Morgan fingerprint density at radius 1 is 1.33 bits per heavy atom. The second kappa shape index (κ2) is 4.69. The first kappa shape index (κ1) is 11.7. The zero-order valence-corrected chi connectivity index (χ0v) is 10.5. The second-order valence-corrected chi connectivity index (χ2v) is 5.42. The van der Waals surface area contributed by atoms with Crippen LogP contribution >= 0.6 is 0 Å². The van der Waals surface area contributed by atoms with Gasteiger partial charge in [-0.1, -0.05) is 12.5 Å². The zero-order chi connectivity index (χ0) is 12.5. The van der Waals surface area contributed by atoms with Crippen molar-refractivity contribution in [2.24, 2.45) is 17.6 Å². The molecule has 96 valence electrons. The summed E-state index contributed by atoms with van der Waals surface area (Å²) in [5, 5.41) is 0. The number of hydrogen-bond acceptors (Lipinski definition) is 3. The number of fused-ring (bicyclic) bond motifs is 1. The molecule has 2 N–H and O–H groups in total. The zero-order valence-electron chi connectivity index (χ0n) is 10.5. The van der Waals surface area contributed by atoms with Crippen molar-refractivity contribution in [3.8, 4) is 0 Å². The van der Waals surface area contributed by atoms with Crippen molar-refractivity contribution < 1.29 is 4.79 Å². The fourth-order valence-corrected chi connectivity index (χ4v) is 3.23. The van der Waals surface area contributed by atoms with Crippen LogP contribution in [-0.2, 0) is 6.54 Å². The van der Waals surface area contributed by atoms with Gasteiger partial charge in [-0.05, 0) is 36.3 Å². The first-order valence-electron chi connectivity index (χ1n) is 6.72. The lowest BCUT2D eigenvalue weighted by Gasteiger charge is -2.16. The maximum atomic E-state index is 12.3. The number of amides is 1. The number of carbonyl (C=O) groups is 1. The number of likely N-dealkylation sites (tertiary alicyclic amines) is 1. The predicted octanol–water partition coefficient (Wildman–Crippen LogP) is 1.41. The van der Waals surface area contributed by atoms with Crippen LogP contribution in [-0.4, -0.2) is 28.9 Å². The van der Waals surface area contributed by atoms with E-state index in [0.717, 1.165) is 30.5 Å². The van der Waals surface area contributed by atoms with Gasteiger partial charge in [-0.25, -0.2) is 0 Å². The average Bonchev–Trinajstić information content (AvgIpc) is 2.99. The average molecular weight is 245 g/mol. The van der Waals surface area contributed by atoms with Crippen molar-refractivity contribution >= 4 is 5.91 Å². The first-order chi connectivity index (χ1) is 8.78. The van der Waals surface area contributed by atoms with Gasteiger partial charge >= 0.3 is 0 Å². The third-order valence-electron chi connectivity index (χ3n) is 4.29. The van der Waals surface area contributed by atoms with Gasteiger partial charge in [-0.3, -0.25) is 9.78 Å². The summed E-state index contributed by atoms with van der Waals surface area (Å²) >= 11 is 0. The summed E-state index contributed by atoms with van der Waals surface area (Å²) in [6, 6.07) is 3.68. The van der Waals surface area contributed by atoms with Gasteiger partial charge in [0.15, 0.2) is 0 Å². The molecule has 0 aromatic carbocycles. The molecule has 1 aliphatic carbocycles. The Labute approximate surface area is 107 Å². The minimum Gasteiger partial charge on any atom is -0.337 e. The topological polar surface area (TPSA) is 59.2 Å². The summed E-state index contributed by atoms with van der Waals surface area (Å²) in [4.78, 5) is 18.5. The van der Waals surface area contributed by atoms with E-state index in [2.05, 4.69) is 4.98 Å². The molecule has 2 atom stereocenters. The van der Waals surface area contributed by atoms with Crippen LogP contribution in [0.5, 0.6) is 0 Å². The highest BCUT2D eigenvalue weighted by atomic mass is 16.2. The van der Waals surface area contributed by atoms with Crippen molar-refractivity contribution in [3.63, 3.8) is 0 Å². The van der Waals surface area contributed by atoms with Crippen molar-refractivity contribution in [2.75, 3.05) is 13.1 Å². The maximum absolute atomic E-state index is 12.3. The second-order valence-electron chi connectivity index (χ2n) is 5.42. The van der Waals surface area contributed by atoms with Gasteiger partial charge in [0.1, 0.15) is 5.69 Å². The van der Waals surface area contributed by atoms with E-state index in [-0.39, 0.29) is 5.91 Å². The first-order valence-corrected chi connectivity index (χ1v) is 6.72. The van der Waals surface area contributed by atoms with Gasteiger partial charge in [0.25, 0.3) is 5.91 Å². The maximum Gasteiger partial charge on any atom is 0.272 e. The van der Waals surface area contributed by atoms with E-state index in [9.17, 15) is 4.79 Å². The van der Waals surface area contributed by atoms with Crippen LogP contribution in [0.4, 0.5) is 0 Å². The Morgan fingerprint density at radius 3 is 2.61 bits per heavy atom. The third-order valence-corrected chi connectivity index (χ3v) is 4.29. The summed E-state index contributed by atoms with van der Waals surface area (Å²) < 4.78 is 0. The molecule has 1 saturated carbocycles. The van der Waals surface area contributed by atoms with Crippen LogP contribution < -0.4 is 5.73 Å². The van der Waals surface area contributed by atoms with Crippen LogP contribution in [0.25, 0.3) is 0 Å². The van der Waals surface area contributed by atoms with Crippen LogP contribution in [0.3, 0.4) is 0 Å². The van der Waals surface area contributed by atoms with E-state index in [1.54, 1.807) is 12.3 Å². The fraction of sp³-hybridized carbons (Fsp3) is 0.571. The van der Waals surface area contributed by atoms with E-state index in [1.165, 1.54) is 19.3 Å². The summed E-state index contributed by atoms with van der Waals surface area (Å²) in [5.41, 5.74) is 7.04. The summed E-state index contributed by atoms with van der Waals surface area (Å²) in [6.45, 7) is 2.31. The van der Waals surface area contributed by atoms with Gasteiger partial charge in [0, 0.05) is 25.8 Å². The number of carbonyl (C=O) groups excluding carboxylic acids is 1. The monoisotopic (exact) mass is 245 g/mol. The van der Waals surface area contributed by atoms with E-state index in [4.69, 9.17) is 5.73 Å². The SMILES string of the molecule is NCc1ccc(C(=O)N2CC3CCCC3C2)nc1. The van der Waals surface area contributed by atoms with E-state index in [0.29, 0.717) is 12.2 Å². The van der Waals surface area contributed by atoms with Crippen molar-refractivity contribution in [1.82, 2.24) is 9.88 Å². The molecule has 0 spiro atoms. The van der Waals surface area contributed by atoms with Gasteiger partial charge < -0.3 is 10.6 Å². The molecule has 1 aliphatic heterocycles. The van der Waals surface area contributed by atoms with Crippen molar-refractivity contribution in [3.05, 3.63) is 29.6 Å². The molecule has 2 aliphatic rings. The molecule has 2 fully saturated rings. The lowest BCUT2D eigenvalue weighted by molar-refractivity contribution is 0.0775. The largest absolute Gasteiger partial charge is 0.337 e. The lowest BCUT2D eigenvalue weighted by atomic mass is 10.0. The van der Waals surface area contributed by atoms with E-state index in [1.807, 2.05) is 11.0 Å². The third kappa shape index (κ3) is 2.01. The molecule has 4 heteroatoms. The molecule has 1 aromatic heterocycles. The molecule has 1 saturated heterocycles. The Morgan fingerprint density at radius 2 is 2.06 bits per heavy atom. The summed E-state index contributed by atoms with van der Waals surface area (Å²) in [6.07, 6.45) is 5.60. The summed E-state index contributed by atoms with van der Waals surface area (Å²) in [5.74, 6) is 1.54. The Kier molecular flexibility index (Phi) is 3.04. The number of hydrogen-bond donors (Lipinski definition) is 1. The van der Waals surface area contributed by atoms with Gasteiger partial charge in [0.05, 0.1) is 0 Å². The highest BCUT2D eigenvalue weighted by Gasteiger charge is 2.38. The van der Waals surface area contributed by atoms with Gasteiger partial charge in [-0.15, -0.1) is 0 Å². The van der Waals surface area contributed by atoms with E-state index < -0.39 is 0 Å². The Balaban J connectivity index is 1.70. The molecule has 0 radical (unpaired) electrons. The van der Waals surface area contributed by atoms with Crippen LogP contribution in [0.1, 0.15) is 35.3 Å². The van der Waals surface area contributed by atoms with Gasteiger partial charge in [0.2, 0.25) is 0 Å². The minimum atomic E-state index is 0.0768. The van der Waals surface area contributed by atoms with Crippen LogP contribution in [0.15, 0.2) is 18.3 Å². The highest BCUT2D eigenvalue weighted by Crippen LogP contribution is 2.37. The Hall–Kier alpha value is -1.42. The summed E-state index contributed by atoms with van der Waals surface area (Å²) in [7, 11) is 0. The number of nitrogens with zero attached hydrogens (tertiary/aromatic N) is 2. The van der Waals surface area contributed by atoms with Crippen LogP contribution in [0.2, 0.25) is 0 Å². The molecule has 2 heterocycles. The quantitative estimate of drug-likeness (QED) is 0.857. The molecule has 0 bridgehead atoms. The normalized spacial score (nSPS) is 26.4. The number of rotatable bonds is 2. The van der Waals surface area contributed by atoms with Crippen LogP contribution in [0, 0.1) is 11.8 Å². The lowest BCUT2D eigenvalue weighted by Crippen LogP contribution is -2.30. The van der Waals surface area contributed by atoms with E-state index >= 15 is 0 Å². The van der Waals surface area contributed by atoms with Crippen molar-refractivity contribution in [1.29, 1.82) is 0 Å². The molecule has 4 nitrogen and oxygen atoms in total. The standard InChI is InChI=1S/C14H19N3O/c15-6-10-4-5-13(16-7-10)14(18)17-8-11-2-1-3-12(11)9-17/h4-5,7,11-12H,1-3,6,8-9,15H2. The molecule has 2 unspecified atom stereocenters. The Bertz CT molecular complexity index is 431. The minimum absolute atomic E-state index is 0.0768. The van der Waals surface area contributed by atoms with Crippen molar-refractivity contribution in [2.45, 2.75) is 25.8 Å². The smallest absolute Gasteiger partial charge is 0.272 e. The van der Waals surface area contributed by atoms with Gasteiger partial charge in [-0.2, -0.15) is 0 Å². The number of aromatic nitrogens is 1. The number of pyridine rings is 1.